The first-order valence-corrected chi connectivity index (χ1v) is 21.1. The lowest BCUT2D eigenvalue weighted by molar-refractivity contribution is -0.157. The standard InChI is InChI=1S/C37H74NO8P/c1-3-5-7-9-11-13-15-17-19-21-23-25-27-29-33(40)35(36(42)37(43)46-47(44,45)38-31-32-39)34(41)30-28-26-24-22-20-18-16-14-12-10-8-6-4-2/h35-37,39,42-43H,3-32H2,1-2H3,(H2,38,44,45). The molecule has 0 aliphatic carbocycles. The minimum absolute atomic E-state index is 0.0934. The fourth-order valence-electron chi connectivity index (χ4n) is 6.11. The number of aliphatic hydroxyl groups excluding tert-OH is 3. The molecule has 0 aliphatic rings. The molecule has 3 atom stereocenters. The van der Waals surface area contributed by atoms with Gasteiger partial charge in [-0.1, -0.05) is 168 Å². The number of unbranched alkanes of at least 4 members (excludes halogenated alkanes) is 24. The second kappa shape index (κ2) is 32.5. The Kier molecular flexibility index (Phi) is 32.1. The van der Waals surface area contributed by atoms with E-state index in [1.54, 1.807) is 0 Å². The highest BCUT2D eigenvalue weighted by atomic mass is 31.2. The molecular formula is C37H74NO8P. The molecule has 0 saturated heterocycles. The molecule has 0 rings (SSSR count). The van der Waals surface area contributed by atoms with Crippen molar-refractivity contribution in [1.29, 1.82) is 0 Å². The van der Waals surface area contributed by atoms with Crippen LogP contribution in [0.5, 0.6) is 0 Å². The number of aliphatic hydroxyl groups is 3. The molecule has 0 aromatic carbocycles. The minimum atomic E-state index is -4.56. The van der Waals surface area contributed by atoms with Gasteiger partial charge in [-0.25, -0.2) is 9.65 Å². The molecule has 0 aromatic rings. The summed E-state index contributed by atoms with van der Waals surface area (Å²) in [5, 5.41) is 32.1. The molecule has 0 fully saturated rings. The average molecular weight is 692 g/mol. The van der Waals surface area contributed by atoms with Crippen LogP contribution in [-0.2, 0) is 18.7 Å². The van der Waals surface area contributed by atoms with Crippen molar-refractivity contribution in [2.75, 3.05) is 13.2 Å². The summed E-state index contributed by atoms with van der Waals surface area (Å²) < 4.78 is 16.9. The fourth-order valence-corrected chi connectivity index (χ4v) is 6.98. The second-order valence-corrected chi connectivity index (χ2v) is 15.1. The lowest BCUT2D eigenvalue weighted by Gasteiger charge is -2.26. The van der Waals surface area contributed by atoms with Gasteiger partial charge in [0.1, 0.15) is 23.6 Å². The summed E-state index contributed by atoms with van der Waals surface area (Å²) in [6, 6.07) is 0. The zero-order valence-electron chi connectivity index (χ0n) is 30.3. The molecule has 0 saturated carbocycles. The van der Waals surface area contributed by atoms with Crippen molar-refractivity contribution in [3.8, 4) is 0 Å². The maximum Gasteiger partial charge on any atom is 0.405 e. The Hall–Kier alpha value is -0.670. The maximum atomic E-state index is 13.2. The first-order chi connectivity index (χ1) is 22.7. The van der Waals surface area contributed by atoms with Crippen LogP contribution in [0.3, 0.4) is 0 Å². The number of nitrogens with one attached hydrogen (secondary N) is 1. The molecule has 280 valence electrons. The zero-order valence-corrected chi connectivity index (χ0v) is 31.2. The lowest BCUT2D eigenvalue weighted by atomic mass is 9.87. The Morgan fingerprint density at radius 3 is 1.17 bits per heavy atom. The molecular weight excluding hydrogens is 617 g/mol. The van der Waals surface area contributed by atoms with Crippen LogP contribution in [0.2, 0.25) is 0 Å². The van der Waals surface area contributed by atoms with Gasteiger partial charge >= 0.3 is 7.75 Å². The number of carbonyl (C=O) groups is 2. The molecule has 0 heterocycles. The van der Waals surface area contributed by atoms with E-state index in [1.807, 2.05) is 5.09 Å². The molecule has 10 heteroatoms. The van der Waals surface area contributed by atoms with E-state index in [0.29, 0.717) is 12.8 Å². The largest absolute Gasteiger partial charge is 0.405 e. The van der Waals surface area contributed by atoms with E-state index < -0.39 is 44.2 Å². The summed E-state index contributed by atoms with van der Waals surface area (Å²) in [6.45, 7) is 3.76. The van der Waals surface area contributed by atoms with E-state index >= 15 is 0 Å². The highest BCUT2D eigenvalue weighted by Crippen LogP contribution is 2.39. The van der Waals surface area contributed by atoms with Gasteiger partial charge in [0.15, 0.2) is 6.29 Å². The quantitative estimate of drug-likeness (QED) is 0.0186. The molecule has 3 unspecified atom stereocenters. The van der Waals surface area contributed by atoms with Crippen molar-refractivity contribution in [1.82, 2.24) is 5.09 Å². The first kappa shape index (κ1) is 46.3. The zero-order chi connectivity index (χ0) is 35.0. The Labute approximate surface area is 288 Å². The van der Waals surface area contributed by atoms with Gasteiger partial charge in [0.25, 0.3) is 0 Å². The van der Waals surface area contributed by atoms with E-state index in [4.69, 9.17) is 9.63 Å². The monoisotopic (exact) mass is 692 g/mol. The van der Waals surface area contributed by atoms with Crippen LogP contribution < -0.4 is 5.09 Å². The van der Waals surface area contributed by atoms with Crippen LogP contribution in [0.15, 0.2) is 0 Å². The number of hydrogen-bond acceptors (Lipinski definition) is 7. The van der Waals surface area contributed by atoms with E-state index in [0.717, 1.165) is 38.5 Å². The predicted octanol–water partition coefficient (Wildman–Crippen LogP) is 9.08. The molecule has 0 amide bonds. The Morgan fingerprint density at radius 2 is 0.872 bits per heavy atom. The van der Waals surface area contributed by atoms with E-state index in [9.17, 15) is 29.3 Å². The van der Waals surface area contributed by atoms with Gasteiger partial charge in [-0.15, -0.1) is 0 Å². The third kappa shape index (κ3) is 27.8. The molecule has 5 N–H and O–H groups in total. The molecule has 0 radical (unpaired) electrons. The van der Waals surface area contributed by atoms with Gasteiger partial charge in [0.05, 0.1) is 6.61 Å². The number of hydrogen-bond donors (Lipinski definition) is 5. The van der Waals surface area contributed by atoms with Crippen LogP contribution in [0.1, 0.15) is 194 Å². The van der Waals surface area contributed by atoms with Crippen molar-refractivity contribution in [2.24, 2.45) is 5.92 Å². The summed E-state index contributed by atoms with van der Waals surface area (Å²) >= 11 is 0. The molecule has 0 bridgehead atoms. The van der Waals surface area contributed by atoms with Crippen LogP contribution in [0.25, 0.3) is 0 Å². The van der Waals surface area contributed by atoms with Crippen LogP contribution in [0, 0.1) is 5.92 Å². The minimum Gasteiger partial charge on any atom is -0.395 e. The first-order valence-electron chi connectivity index (χ1n) is 19.5. The molecule has 47 heavy (non-hydrogen) atoms. The average Bonchev–Trinajstić information content (AvgIpc) is 3.04. The Morgan fingerprint density at radius 1 is 0.574 bits per heavy atom. The third-order valence-corrected chi connectivity index (χ3v) is 10.2. The Bertz CT molecular complexity index is 741. The summed E-state index contributed by atoms with van der Waals surface area (Å²) in [7, 11) is -4.56. The van der Waals surface area contributed by atoms with Crippen molar-refractivity contribution >= 4 is 19.3 Å². The highest BCUT2D eigenvalue weighted by molar-refractivity contribution is 7.50. The summed E-state index contributed by atoms with van der Waals surface area (Å²) in [4.78, 5) is 36.2. The van der Waals surface area contributed by atoms with Gasteiger partial charge in [0.2, 0.25) is 0 Å². The summed E-state index contributed by atoms with van der Waals surface area (Å²) in [6.07, 6.45) is 26.2. The molecule has 9 nitrogen and oxygen atoms in total. The van der Waals surface area contributed by atoms with Crippen molar-refractivity contribution in [3.63, 3.8) is 0 Å². The number of carbonyl (C=O) groups excluding carboxylic acids is 2. The molecule has 0 spiro atoms. The van der Waals surface area contributed by atoms with Crippen LogP contribution in [0.4, 0.5) is 0 Å². The van der Waals surface area contributed by atoms with Crippen LogP contribution >= 0.6 is 7.75 Å². The van der Waals surface area contributed by atoms with E-state index in [-0.39, 0.29) is 19.4 Å². The smallest absolute Gasteiger partial charge is 0.395 e. The van der Waals surface area contributed by atoms with Crippen molar-refractivity contribution in [3.05, 3.63) is 0 Å². The predicted molar refractivity (Wildman–Crippen MR) is 192 cm³/mol. The van der Waals surface area contributed by atoms with Crippen LogP contribution in [-0.4, -0.2) is 57.3 Å². The third-order valence-electron chi connectivity index (χ3n) is 9.06. The van der Waals surface area contributed by atoms with Gasteiger partial charge in [-0.3, -0.25) is 14.1 Å². The van der Waals surface area contributed by atoms with E-state index in [1.165, 1.54) is 116 Å². The van der Waals surface area contributed by atoms with Gasteiger partial charge < -0.3 is 20.2 Å². The maximum absolute atomic E-state index is 13.2. The van der Waals surface area contributed by atoms with Gasteiger partial charge in [0, 0.05) is 19.4 Å². The number of rotatable bonds is 37. The SMILES string of the molecule is CCCCCCCCCCCCCCCC(=O)C(C(=O)CCCCCCCCCCCCCCC)C(O)C(O)OP(=O)(O)NCCO. The summed E-state index contributed by atoms with van der Waals surface area (Å²) in [5.74, 6) is -2.46. The molecule has 0 aromatic heterocycles. The van der Waals surface area contributed by atoms with Gasteiger partial charge in [-0.2, -0.15) is 0 Å². The number of Topliss-reactive ketones (excluding diaryl/α,β-unsaturated/α-hetero) is 2. The van der Waals surface area contributed by atoms with Crippen molar-refractivity contribution in [2.45, 2.75) is 206 Å². The molecule has 0 aliphatic heterocycles. The van der Waals surface area contributed by atoms with Gasteiger partial charge in [-0.05, 0) is 12.8 Å². The fraction of sp³-hybridized carbons (Fsp3) is 0.946. The normalized spacial score (nSPS) is 14.4. The lowest BCUT2D eigenvalue weighted by Crippen LogP contribution is -2.43. The Balaban J connectivity index is 4.59. The van der Waals surface area contributed by atoms with E-state index in [2.05, 4.69) is 13.8 Å². The highest BCUT2D eigenvalue weighted by Gasteiger charge is 2.39. The topological polar surface area (TPSA) is 153 Å². The van der Waals surface area contributed by atoms with Crippen molar-refractivity contribution < 1.29 is 38.9 Å². The summed E-state index contributed by atoms with van der Waals surface area (Å²) in [5.41, 5.74) is 0. The second-order valence-electron chi connectivity index (χ2n) is 13.5. The number of ketones is 2.